The van der Waals surface area contributed by atoms with Crippen LogP contribution < -0.4 is 10.5 Å². The number of esters is 1. The fraction of sp³-hybridized carbons (Fsp3) is 0.462. The molecule has 0 unspecified atom stereocenters. The smallest absolute Gasteiger partial charge is 0.331 e. The monoisotopic (exact) mass is 597 g/mol. The number of hydrogen-bond donors (Lipinski definition) is 1. The van der Waals surface area contributed by atoms with Gasteiger partial charge in [-0.3, -0.25) is 0 Å². The highest BCUT2D eigenvalue weighted by molar-refractivity contribution is 14.1. The van der Waals surface area contributed by atoms with Crippen molar-refractivity contribution in [3.8, 4) is 5.75 Å². The lowest BCUT2D eigenvalue weighted by Gasteiger charge is -2.30. The van der Waals surface area contributed by atoms with Crippen LogP contribution in [0.25, 0.3) is 0 Å². The van der Waals surface area contributed by atoms with Gasteiger partial charge in [0.1, 0.15) is 5.54 Å². The molecule has 2 rings (SSSR count). The van der Waals surface area contributed by atoms with Crippen LogP contribution >= 0.6 is 67.8 Å². The lowest BCUT2D eigenvalue weighted by atomic mass is 9.83. The van der Waals surface area contributed by atoms with E-state index < -0.39 is 5.54 Å². The van der Waals surface area contributed by atoms with E-state index >= 15 is 0 Å². The van der Waals surface area contributed by atoms with Gasteiger partial charge in [-0.2, -0.15) is 0 Å². The molecule has 0 amide bonds. The van der Waals surface area contributed by atoms with Crippen LogP contribution in [0.3, 0.4) is 0 Å². The summed E-state index contributed by atoms with van der Waals surface area (Å²) in [5.41, 5.74) is 5.40. The number of nitrogens with two attached hydrogens (primary N) is 1. The summed E-state index contributed by atoms with van der Waals surface area (Å²) in [4.78, 5) is 12.3. The molecule has 19 heavy (non-hydrogen) atoms. The van der Waals surface area contributed by atoms with Crippen LogP contribution in [0.1, 0.15) is 32.1 Å². The molecule has 1 fully saturated rings. The van der Waals surface area contributed by atoms with Gasteiger partial charge in [-0.15, -0.1) is 0 Å². The van der Waals surface area contributed by atoms with E-state index in [0.717, 1.165) is 42.8 Å². The number of carbonyl (C=O) groups excluding carboxylic acids is 1. The largest absolute Gasteiger partial charge is 0.423 e. The van der Waals surface area contributed by atoms with Crippen molar-refractivity contribution in [1.29, 1.82) is 0 Å². The molecule has 0 saturated heterocycles. The van der Waals surface area contributed by atoms with Gasteiger partial charge >= 0.3 is 5.97 Å². The molecule has 1 aromatic carbocycles. The molecule has 1 aliphatic rings. The van der Waals surface area contributed by atoms with E-state index in [1.807, 2.05) is 12.1 Å². The topological polar surface area (TPSA) is 52.3 Å². The van der Waals surface area contributed by atoms with Crippen molar-refractivity contribution in [3.63, 3.8) is 0 Å². The Morgan fingerprint density at radius 2 is 1.63 bits per heavy atom. The highest BCUT2D eigenvalue weighted by Gasteiger charge is 2.37. The summed E-state index contributed by atoms with van der Waals surface area (Å²) >= 11 is 6.64. The van der Waals surface area contributed by atoms with E-state index in [1.54, 1.807) is 0 Å². The van der Waals surface area contributed by atoms with Crippen molar-refractivity contribution in [2.75, 3.05) is 0 Å². The highest BCUT2D eigenvalue weighted by atomic mass is 127. The van der Waals surface area contributed by atoms with E-state index in [-0.39, 0.29) is 5.97 Å². The Morgan fingerprint density at radius 3 is 2.16 bits per heavy atom. The first kappa shape index (κ1) is 16.2. The molecule has 0 spiro atoms. The Bertz CT molecular complexity index is 476. The second kappa shape index (κ2) is 6.73. The maximum absolute atomic E-state index is 12.3. The normalized spacial score (nSPS) is 18.1. The molecule has 2 N–H and O–H groups in total. The third-order valence-corrected chi connectivity index (χ3v) is 5.54. The Morgan fingerprint density at radius 1 is 1.11 bits per heavy atom. The number of rotatable bonds is 2. The quantitative estimate of drug-likeness (QED) is 0.318. The Hall–Kier alpha value is 0.840. The van der Waals surface area contributed by atoms with Crippen LogP contribution in [0.4, 0.5) is 0 Å². The summed E-state index contributed by atoms with van der Waals surface area (Å²) in [6, 6.07) is 3.99. The maximum Gasteiger partial charge on any atom is 0.331 e. The minimum atomic E-state index is -0.798. The van der Waals surface area contributed by atoms with Gasteiger partial charge in [0.25, 0.3) is 0 Å². The zero-order valence-electron chi connectivity index (χ0n) is 10.2. The summed E-state index contributed by atoms with van der Waals surface area (Å²) in [6.45, 7) is 0. The number of hydrogen-bond acceptors (Lipinski definition) is 3. The first-order valence-electron chi connectivity index (χ1n) is 6.08. The van der Waals surface area contributed by atoms with Crippen molar-refractivity contribution in [1.82, 2.24) is 0 Å². The highest BCUT2D eigenvalue weighted by Crippen LogP contribution is 2.32. The summed E-state index contributed by atoms with van der Waals surface area (Å²) in [5, 5.41) is 0. The summed E-state index contributed by atoms with van der Waals surface area (Å²) < 4.78 is 8.61. The molecular formula is C13H14I3NO2. The predicted octanol–water partition coefficient (Wildman–Crippen LogP) is 4.07. The molecule has 0 bridgehead atoms. The SMILES string of the molecule is NC1(C(=O)Oc2c(I)cc(I)cc2I)CCCCC1. The molecule has 1 aliphatic carbocycles. The van der Waals surface area contributed by atoms with Gasteiger partial charge in [0, 0.05) is 3.57 Å². The third-order valence-electron chi connectivity index (χ3n) is 3.31. The molecule has 0 aromatic heterocycles. The van der Waals surface area contributed by atoms with E-state index in [2.05, 4.69) is 67.8 Å². The number of carbonyl (C=O) groups is 1. The minimum Gasteiger partial charge on any atom is -0.423 e. The van der Waals surface area contributed by atoms with E-state index in [1.165, 1.54) is 0 Å². The maximum atomic E-state index is 12.3. The average Bonchev–Trinajstić information content (AvgIpc) is 2.34. The second-order valence-electron chi connectivity index (χ2n) is 4.80. The fourth-order valence-electron chi connectivity index (χ4n) is 2.21. The van der Waals surface area contributed by atoms with Crippen molar-refractivity contribution in [2.24, 2.45) is 5.73 Å². The molecule has 1 aromatic rings. The molecule has 0 radical (unpaired) electrons. The van der Waals surface area contributed by atoms with E-state index in [9.17, 15) is 4.79 Å². The van der Waals surface area contributed by atoms with Crippen LogP contribution in [0.15, 0.2) is 12.1 Å². The van der Waals surface area contributed by atoms with Gasteiger partial charge in [-0.05, 0) is 92.7 Å². The van der Waals surface area contributed by atoms with Crippen LogP contribution in [0.5, 0.6) is 5.75 Å². The van der Waals surface area contributed by atoms with Crippen LogP contribution in [-0.4, -0.2) is 11.5 Å². The first-order valence-corrected chi connectivity index (χ1v) is 9.32. The molecule has 0 aliphatic heterocycles. The van der Waals surface area contributed by atoms with Gasteiger partial charge in [0.2, 0.25) is 0 Å². The van der Waals surface area contributed by atoms with Crippen molar-refractivity contribution >= 4 is 73.7 Å². The van der Waals surface area contributed by atoms with Crippen LogP contribution in [0.2, 0.25) is 0 Å². The van der Waals surface area contributed by atoms with Gasteiger partial charge in [-0.25, -0.2) is 4.79 Å². The van der Waals surface area contributed by atoms with E-state index in [0.29, 0.717) is 5.75 Å². The molecule has 0 atom stereocenters. The standard InChI is InChI=1S/C13H14I3NO2/c14-8-6-9(15)11(10(16)7-8)19-12(18)13(17)4-2-1-3-5-13/h6-7H,1-5,17H2. The molecule has 6 heteroatoms. The Balaban J connectivity index is 2.19. The van der Waals surface area contributed by atoms with Crippen molar-refractivity contribution < 1.29 is 9.53 Å². The molecule has 3 nitrogen and oxygen atoms in total. The number of halogens is 3. The molecule has 0 heterocycles. The third kappa shape index (κ3) is 3.94. The van der Waals surface area contributed by atoms with Crippen molar-refractivity contribution in [2.45, 2.75) is 37.6 Å². The Labute approximate surface area is 153 Å². The first-order chi connectivity index (χ1) is 8.92. The van der Waals surface area contributed by atoms with Gasteiger partial charge in [-0.1, -0.05) is 19.3 Å². The average molecular weight is 597 g/mol. The fourth-order valence-corrected chi connectivity index (χ4v) is 6.01. The van der Waals surface area contributed by atoms with Crippen molar-refractivity contribution in [3.05, 3.63) is 22.8 Å². The lowest BCUT2D eigenvalue weighted by Crippen LogP contribution is -2.51. The molecular weight excluding hydrogens is 583 g/mol. The van der Waals surface area contributed by atoms with Crippen LogP contribution in [0, 0.1) is 10.7 Å². The molecule has 104 valence electrons. The Kier molecular flexibility index (Phi) is 5.75. The van der Waals surface area contributed by atoms with Crippen LogP contribution in [-0.2, 0) is 4.79 Å². The zero-order chi connectivity index (χ0) is 14.0. The summed E-state index contributed by atoms with van der Waals surface area (Å²) in [6.07, 6.45) is 4.62. The molecule has 1 saturated carbocycles. The summed E-state index contributed by atoms with van der Waals surface area (Å²) in [7, 11) is 0. The van der Waals surface area contributed by atoms with E-state index in [4.69, 9.17) is 10.5 Å². The summed E-state index contributed by atoms with van der Waals surface area (Å²) in [5.74, 6) is 0.353. The van der Waals surface area contributed by atoms with Gasteiger partial charge in [0.15, 0.2) is 5.75 Å². The predicted molar refractivity (Wildman–Crippen MR) is 100 cm³/mol. The number of benzene rings is 1. The van der Waals surface area contributed by atoms with Gasteiger partial charge in [0.05, 0.1) is 7.14 Å². The van der Waals surface area contributed by atoms with Gasteiger partial charge < -0.3 is 10.5 Å². The lowest BCUT2D eigenvalue weighted by molar-refractivity contribution is -0.141. The minimum absolute atomic E-state index is 0.288. The number of ether oxygens (including phenoxy) is 1. The zero-order valence-corrected chi connectivity index (χ0v) is 16.7. The second-order valence-corrected chi connectivity index (χ2v) is 8.37.